The molecule has 2 N–H and O–H groups in total. The number of hydrogen-bond acceptors (Lipinski definition) is 9. The molecule has 2 atom stereocenters. The van der Waals surface area contributed by atoms with Crippen molar-refractivity contribution in [1.29, 1.82) is 0 Å². The van der Waals surface area contributed by atoms with Crippen molar-refractivity contribution in [2.24, 2.45) is 0 Å². The summed E-state index contributed by atoms with van der Waals surface area (Å²) in [6.45, 7) is 5.09. The maximum absolute atomic E-state index is 14.7. The number of carboxylic acids is 2. The molecule has 0 amide bonds. The quantitative estimate of drug-likeness (QED) is 0.325. The van der Waals surface area contributed by atoms with Crippen LogP contribution in [0.4, 0.5) is 0 Å². The second-order valence-corrected chi connectivity index (χ2v) is 9.64. The summed E-state index contributed by atoms with van der Waals surface area (Å²) in [7, 11) is 0. The Labute approximate surface area is 233 Å². The van der Waals surface area contributed by atoms with Crippen LogP contribution in [0.25, 0.3) is 0 Å². The first-order valence-corrected chi connectivity index (χ1v) is 13.4. The molecule has 2 aromatic carbocycles. The van der Waals surface area contributed by atoms with Crippen LogP contribution in [0.15, 0.2) is 60.7 Å². The second-order valence-electron chi connectivity index (χ2n) is 9.64. The summed E-state index contributed by atoms with van der Waals surface area (Å²) in [4.78, 5) is 45.0. The highest BCUT2D eigenvalue weighted by Crippen LogP contribution is 2.39. The molecule has 216 valence electrons. The van der Waals surface area contributed by atoms with Gasteiger partial charge in [0.15, 0.2) is 0 Å². The van der Waals surface area contributed by atoms with E-state index in [1.807, 2.05) is 9.80 Å². The molecular formula is C29H36N2O9. The van der Waals surface area contributed by atoms with E-state index in [1.54, 1.807) is 36.4 Å². The molecule has 2 unspecified atom stereocenters. The van der Waals surface area contributed by atoms with Gasteiger partial charge in [0.25, 0.3) is 11.2 Å². The molecule has 0 aliphatic carbocycles. The van der Waals surface area contributed by atoms with E-state index in [0.29, 0.717) is 65.7 Å². The third kappa shape index (κ3) is 6.41. The van der Waals surface area contributed by atoms with E-state index in [9.17, 15) is 24.6 Å². The van der Waals surface area contributed by atoms with Crippen LogP contribution < -0.4 is 0 Å². The van der Waals surface area contributed by atoms with Gasteiger partial charge in [-0.15, -0.1) is 0 Å². The van der Waals surface area contributed by atoms with E-state index in [1.165, 1.54) is 24.3 Å². The summed E-state index contributed by atoms with van der Waals surface area (Å²) < 4.78 is 22.8. The van der Waals surface area contributed by atoms with Gasteiger partial charge in [0.2, 0.25) is 5.78 Å². The van der Waals surface area contributed by atoms with E-state index in [0.717, 1.165) is 0 Å². The zero-order valence-corrected chi connectivity index (χ0v) is 22.4. The minimum atomic E-state index is -2.65. The lowest BCUT2D eigenvalue weighted by molar-refractivity contribution is -0.197. The van der Waals surface area contributed by atoms with Gasteiger partial charge in [0, 0.05) is 50.4 Å². The molecule has 2 saturated heterocycles. The number of nitrogens with zero attached hydrogens (tertiary/aromatic N) is 2. The molecule has 0 aromatic heterocycles. The van der Waals surface area contributed by atoms with Crippen LogP contribution in [-0.4, -0.2) is 117 Å². The molecule has 0 spiro atoms. The highest BCUT2D eigenvalue weighted by atomic mass is 16.6. The third-order valence-corrected chi connectivity index (χ3v) is 7.26. The summed E-state index contributed by atoms with van der Waals surface area (Å²) in [6.07, 6.45) is 0. The van der Waals surface area contributed by atoms with E-state index in [4.69, 9.17) is 18.9 Å². The summed E-state index contributed by atoms with van der Waals surface area (Å²) in [5.74, 6) is -4.48. The van der Waals surface area contributed by atoms with Crippen LogP contribution in [0.2, 0.25) is 0 Å². The number of benzene rings is 2. The summed E-state index contributed by atoms with van der Waals surface area (Å²) >= 11 is 0. The fourth-order valence-corrected chi connectivity index (χ4v) is 5.02. The van der Waals surface area contributed by atoms with Gasteiger partial charge < -0.3 is 29.2 Å². The van der Waals surface area contributed by atoms with Crippen LogP contribution >= 0.6 is 0 Å². The van der Waals surface area contributed by atoms with Crippen molar-refractivity contribution in [1.82, 2.24) is 9.80 Å². The molecule has 2 aliphatic rings. The van der Waals surface area contributed by atoms with Crippen LogP contribution in [0.5, 0.6) is 0 Å². The Bertz CT molecular complexity index is 1030. The van der Waals surface area contributed by atoms with Gasteiger partial charge in [-0.25, -0.2) is 9.59 Å². The molecule has 4 rings (SSSR count). The molecule has 11 nitrogen and oxygen atoms in total. The number of carboxylic acid groups (broad SMARTS) is 2. The van der Waals surface area contributed by atoms with E-state index < -0.39 is 28.9 Å². The number of ketones is 1. The van der Waals surface area contributed by atoms with Crippen molar-refractivity contribution in [2.45, 2.75) is 11.2 Å². The van der Waals surface area contributed by atoms with Crippen LogP contribution in [0, 0.1) is 0 Å². The minimum Gasteiger partial charge on any atom is -0.478 e. The van der Waals surface area contributed by atoms with Crippen molar-refractivity contribution >= 4 is 17.7 Å². The molecule has 0 radical (unpaired) electrons. The van der Waals surface area contributed by atoms with Gasteiger partial charge in [0.05, 0.1) is 39.6 Å². The molecule has 40 heavy (non-hydrogen) atoms. The zero-order valence-electron chi connectivity index (χ0n) is 22.4. The Morgan fingerprint density at radius 3 is 1.32 bits per heavy atom. The molecule has 2 fully saturated rings. The Balaban J connectivity index is 1.73. The Morgan fingerprint density at radius 2 is 1.00 bits per heavy atom. The van der Waals surface area contributed by atoms with E-state index in [-0.39, 0.29) is 24.3 Å². The first kappa shape index (κ1) is 29.8. The van der Waals surface area contributed by atoms with Crippen molar-refractivity contribution in [3.05, 3.63) is 71.8 Å². The monoisotopic (exact) mass is 556 g/mol. The summed E-state index contributed by atoms with van der Waals surface area (Å²) in [6, 6.07) is 15.5. The van der Waals surface area contributed by atoms with Crippen molar-refractivity contribution in [3.63, 3.8) is 0 Å². The Kier molecular flexibility index (Phi) is 10.4. The van der Waals surface area contributed by atoms with Gasteiger partial charge in [-0.3, -0.25) is 14.6 Å². The second kappa shape index (κ2) is 13.9. The average Bonchev–Trinajstić information content (AvgIpc) is 2.99. The number of aliphatic carboxylic acids is 2. The number of morpholine rings is 2. The average molecular weight is 557 g/mol. The lowest BCUT2D eigenvalue weighted by Crippen LogP contribution is -2.60. The molecular weight excluding hydrogens is 520 g/mol. The first-order chi connectivity index (χ1) is 19.4. The number of hydrogen-bond donors (Lipinski definition) is 2. The SMILES string of the molecule is O=C(O)C(OCCN1CCOCC1)(C(=O)C(OCCN1CCOCC1)(C(=O)O)c1ccccc1)c1ccccc1. The lowest BCUT2D eigenvalue weighted by atomic mass is 9.76. The fourth-order valence-electron chi connectivity index (χ4n) is 5.02. The van der Waals surface area contributed by atoms with Gasteiger partial charge in [-0.05, 0) is 0 Å². The Morgan fingerprint density at radius 1 is 0.650 bits per heavy atom. The summed E-state index contributed by atoms with van der Waals surface area (Å²) in [5.41, 5.74) is -5.29. The molecule has 11 heteroatoms. The largest absolute Gasteiger partial charge is 0.478 e. The molecule has 2 heterocycles. The van der Waals surface area contributed by atoms with Crippen molar-refractivity contribution in [2.75, 3.05) is 78.9 Å². The van der Waals surface area contributed by atoms with Gasteiger partial charge in [0.1, 0.15) is 0 Å². The zero-order chi connectivity index (χ0) is 28.4. The van der Waals surface area contributed by atoms with Gasteiger partial charge in [-0.1, -0.05) is 60.7 Å². The smallest absolute Gasteiger partial charge is 0.348 e. The predicted molar refractivity (Wildman–Crippen MR) is 143 cm³/mol. The summed E-state index contributed by atoms with van der Waals surface area (Å²) in [5, 5.41) is 21.3. The fraction of sp³-hybridized carbons (Fsp3) is 0.483. The highest BCUT2D eigenvalue weighted by molar-refractivity contribution is 6.19. The number of carbonyl (C=O) groups is 3. The lowest BCUT2D eigenvalue weighted by Gasteiger charge is -2.38. The first-order valence-electron chi connectivity index (χ1n) is 13.4. The van der Waals surface area contributed by atoms with Crippen LogP contribution in [0.3, 0.4) is 0 Å². The molecule has 2 aromatic rings. The number of carbonyl (C=O) groups excluding carboxylic acids is 1. The number of rotatable bonds is 14. The third-order valence-electron chi connectivity index (χ3n) is 7.26. The number of Topliss-reactive ketones (excluding diaryl/α,β-unsaturated/α-hetero) is 1. The highest BCUT2D eigenvalue weighted by Gasteiger charge is 2.63. The predicted octanol–water partition coefficient (Wildman–Crippen LogP) is 1.21. The van der Waals surface area contributed by atoms with Crippen molar-refractivity contribution in [3.8, 4) is 0 Å². The molecule has 2 aliphatic heterocycles. The molecule has 0 saturated carbocycles. The van der Waals surface area contributed by atoms with Crippen molar-refractivity contribution < 1.29 is 43.5 Å². The Hall–Kier alpha value is -3.19. The number of ether oxygens (including phenoxy) is 4. The normalized spacial score (nSPS) is 19.8. The van der Waals surface area contributed by atoms with E-state index >= 15 is 0 Å². The van der Waals surface area contributed by atoms with Gasteiger partial charge >= 0.3 is 11.9 Å². The van der Waals surface area contributed by atoms with Crippen LogP contribution in [-0.2, 0) is 44.5 Å². The topological polar surface area (TPSA) is 135 Å². The van der Waals surface area contributed by atoms with E-state index in [2.05, 4.69) is 0 Å². The minimum absolute atomic E-state index is 0.00723. The van der Waals surface area contributed by atoms with Gasteiger partial charge in [-0.2, -0.15) is 0 Å². The standard InChI is InChI=1S/C29H36N2O9/c32-25(28(26(33)34,23-7-3-1-4-8-23)39-21-15-30-11-17-37-18-12-30)29(27(35)36,24-9-5-2-6-10-24)40-22-16-31-13-19-38-20-14-31/h1-10H,11-22H2,(H,33,34)(H,35,36). The molecule has 0 bridgehead atoms. The maximum Gasteiger partial charge on any atom is 0.348 e. The maximum atomic E-state index is 14.7. The van der Waals surface area contributed by atoms with Crippen LogP contribution in [0.1, 0.15) is 11.1 Å².